The first-order chi connectivity index (χ1) is 63.9. The molecule has 6 atom stereocenters. The maximum absolute atomic E-state index is 14.0. The van der Waals surface area contributed by atoms with Gasteiger partial charge < -0.3 is 67.9 Å². The summed E-state index contributed by atoms with van der Waals surface area (Å²) in [7, 11) is 0. The fourth-order valence-electron chi connectivity index (χ4n) is 17.7. The van der Waals surface area contributed by atoms with Crippen LogP contribution in [0.2, 0.25) is 0 Å². The highest BCUT2D eigenvalue weighted by Crippen LogP contribution is 2.34. The van der Waals surface area contributed by atoms with Gasteiger partial charge in [-0.1, -0.05) is 306 Å². The number of carbonyl (C=O) groups excluding carboxylic acids is 12. The number of carbonyl (C=O) groups is 12. The molecule has 6 unspecified atom stereocenters. The van der Waals surface area contributed by atoms with Crippen LogP contribution in [0, 0.1) is 0 Å². The summed E-state index contributed by atoms with van der Waals surface area (Å²) in [6.07, 6.45) is 12.6. The van der Waals surface area contributed by atoms with E-state index in [1.165, 1.54) is 37.1 Å². The number of unbranched alkanes of at least 4 members (excludes halogenated alkanes) is 2. The van der Waals surface area contributed by atoms with E-state index < -0.39 is 77.6 Å². The Kier molecular flexibility index (Phi) is 37.2. The van der Waals surface area contributed by atoms with Crippen molar-refractivity contribution in [3.8, 4) is 0 Å². The van der Waals surface area contributed by atoms with Crippen LogP contribution in [0.25, 0.3) is 0 Å². The van der Waals surface area contributed by atoms with Gasteiger partial charge in [-0.05, 0) is 121 Å². The molecule has 15 rings (SSSR count). The standard InChI is InChI=1S/C33H38N4O3.C28H36N4O3.C26H25N3O3.C18H25N3O3/c38-31(34-28-18-21-36(22-19-28)24-27-15-8-3-9-16-27)30-32(39)35-29(23-26-13-6-2-7-14-26)33(40)37(30)20-10-17-25-11-4-1-5-12-25;29-18-10-11-19-32-25(26(33)30-22-16-8-3-9-17-22)27(34)31-24(28(32)35)23(20-12-4-1-5-13-20)21-14-6-2-7-15-21;30-24-23(25(31)28-18-19-10-4-1-5-11-19)29(17-16-27-24)26(32)22(20-12-6-2-7-13-20)21-14-8-3-9-15-21;1-2-3-11-19-17(23)16-18(24)20-12-13-21(16)15(22)10-9-14-7-5-4-6-8-14/h1-9,11-16,28-30H,10,17-24H2,(H,34,38)(H,35,39);1-2,4-7,12-15,22-25H,3,8-11,16-19,29H2,(H,30,33)(H,31,34);1-15,22-23H,16-18H2,(H,27,30)(H,28,31);4-8,16H,2-3,9-13H2,1H3,(H,19,23)(H,20,24). The molecule has 0 bridgehead atoms. The lowest BCUT2D eigenvalue weighted by atomic mass is 9.82. The van der Waals surface area contributed by atoms with Crippen LogP contribution in [0.5, 0.6) is 0 Å². The average molecular weight is 1770 g/mol. The molecule has 0 aromatic heterocycles. The molecule has 6 aliphatic rings. The third-order valence-electron chi connectivity index (χ3n) is 24.6. The Labute approximate surface area is 768 Å². The van der Waals surface area contributed by atoms with Crippen LogP contribution in [0.3, 0.4) is 0 Å². The highest BCUT2D eigenvalue weighted by atomic mass is 16.2. The van der Waals surface area contributed by atoms with Crippen LogP contribution < -0.4 is 48.3 Å². The number of nitrogens with two attached hydrogens (primary N) is 1. The van der Waals surface area contributed by atoms with E-state index in [2.05, 4.69) is 83.8 Å². The van der Waals surface area contributed by atoms with E-state index in [4.69, 9.17) is 5.73 Å². The van der Waals surface area contributed by atoms with Crippen molar-refractivity contribution in [1.82, 2.24) is 67.0 Å². The summed E-state index contributed by atoms with van der Waals surface area (Å²) in [6, 6.07) is 81.6. The van der Waals surface area contributed by atoms with Gasteiger partial charge in [0.05, 0.1) is 5.92 Å². The molecule has 1 aliphatic carbocycles. The van der Waals surface area contributed by atoms with Crippen molar-refractivity contribution in [2.75, 3.05) is 65.4 Å². The van der Waals surface area contributed by atoms with E-state index in [-0.39, 0.29) is 73.0 Å². The van der Waals surface area contributed by atoms with Gasteiger partial charge in [-0.2, -0.15) is 0 Å². The van der Waals surface area contributed by atoms with Gasteiger partial charge >= 0.3 is 0 Å². The third-order valence-corrected chi connectivity index (χ3v) is 24.6. The monoisotopic (exact) mass is 1770 g/mol. The van der Waals surface area contributed by atoms with E-state index in [9.17, 15) is 57.5 Å². The van der Waals surface area contributed by atoms with E-state index in [0.717, 1.165) is 116 Å². The molecular weight excluding hydrogens is 1650 g/mol. The van der Waals surface area contributed by atoms with Crippen LogP contribution >= 0.6 is 0 Å². The number of nitrogens with one attached hydrogen (secondary N) is 8. The quantitative estimate of drug-likeness (QED) is 0.0140. The molecule has 0 spiro atoms. The van der Waals surface area contributed by atoms with E-state index in [1.807, 2.05) is 244 Å². The van der Waals surface area contributed by atoms with Gasteiger partial charge in [0.2, 0.25) is 23.6 Å². The Morgan fingerprint density at radius 2 is 0.832 bits per heavy atom. The molecule has 5 saturated heterocycles. The minimum absolute atomic E-state index is 0.0179. The summed E-state index contributed by atoms with van der Waals surface area (Å²) in [5, 5.41) is 22.9. The number of piperidine rings is 1. The molecule has 9 aromatic rings. The smallest absolute Gasteiger partial charge is 0.253 e. The van der Waals surface area contributed by atoms with Crippen molar-refractivity contribution in [1.29, 1.82) is 0 Å². The topological polar surface area (TPSA) is 343 Å². The molecule has 6 fully saturated rings. The van der Waals surface area contributed by atoms with Crippen molar-refractivity contribution in [3.63, 3.8) is 0 Å². The number of likely N-dealkylation sites (tertiary alicyclic amines) is 1. The molecule has 0 radical (unpaired) electrons. The number of hydrogen-bond acceptors (Lipinski definition) is 14. The minimum atomic E-state index is -1.21. The molecule has 26 nitrogen and oxygen atoms in total. The molecule has 9 aromatic carbocycles. The summed E-state index contributed by atoms with van der Waals surface area (Å²) >= 11 is 0. The Morgan fingerprint density at radius 3 is 1.34 bits per heavy atom. The zero-order valence-electron chi connectivity index (χ0n) is 74.8. The molecule has 12 amide bonds. The Balaban J connectivity index is 0.000000160. The maximum Gasteiger partial charge on any atom is 0.253 e. The number of benzene rings is 9. The molecular formula is C105H124N14O12. The molecule has 1 saturated carbocycles. The SMILES string of the molecule is CCCCNC(=O)C1C(=O)NCCN1C(=O)CCc1ccccc1.NCCCCN1C(=O)C(C(c2ccccc2)c2ccccc2)NC(=O)C1C(=O)NC1CCCCC1.O=C(NC1CCN(Cc2ccccc2)CC1)C1C(=O)NC(Cc2ccccc2)C(=O)N1CCCc1ccccc1.O=C1NCCN(C(=O)C(c2ccccc2)c2ccccc2)C1C(=O)NCc1ccccc1. The van der Waals surface area contributed by atoms with Crippen molar-refractivity contribution in [2.24, 2.45) is 5.73 Å². The van der Waals surface area contributed by atoms with Crippen LogP contribution in [0.15, 0.2) is 273 Å². The normalized spacial score (nSPS) is 18.9. The summed E-state index contributed by atoms with van der Waals surface area (Å²) in [4.78, 5) is 166. The van der Waals surface area contributed by atoms with Crippen molar-refractivity contribution in [2.45, 2.75) is 183 Å². The zero-order valence-corrected chi connectivity index (χ0v) is 74.8. The highest BCUT2D eigenvalue weighted by molar-refractivity contribution is 6.13. The number of rotatable bonds is 32. The lowest BCUT2D eigenvalue weighted by molar-refractivity contribution is -0.155. The molecule has 10 N–H and O–H groups in total. The first-order valence-corrected chi connectivity index (χ1v) is 46.3. The van der Waals surface area contributed by atoms with Gasteiger partial charge in [0.25, 0.3) is 47.3 Å². The van der Waals surface area contributed by atoms with Gasteiger partial charge in [-0.25, -0.2) is 0 Å². The maximum atomic E-state index is 14.0. The van der Waals surface area contributed by atoms with Gasteiger partial charge in [-0.3, -0.25) is 62.4 Å². The summed E-state index contributed by atoms with van der Waals surface area (Å²) in [5.74, 6) is -5.17. The lowest BCUT2D eigenvalue weighted by Gasteiger charge is -2.41. The Morgan fingerprint density at radius 1 is 0.405 bits per heavy atom. The average Bonchev–Trinajstić information content (AvgIpc) is 0.753. The largest absolute Gasteiger partial charge is 0.354 e. The van der Waals surface area contributed by atoms with Gasteiger partial charge in [0, 0.05) is 103 Å². The third kappa shape index (κ3) is 27.8. The van der Waals surface area contributed by atoms with E-state index in [1.54, 1.807) is 0 Å². The Hall–Kier alpha value is -13.5. The van der Waals surface area contributed by atoms with Gasteiger partial charge in [0.15, 0.2) is 24.2 Å². The predicted molar refractivity (Wildman–Crippen MR) is 503 cm³/mol. The second-order valence-electron chi connectivity index (χ2n) is 34.0. The predicted octanol–water partition coefficient (Wildman–Crippen LogP) is 9.36. The van der Waals surface area contributed by atoms with Gasteiger partial charge in [0.1, 0.15) is 12.1 Å². The number of piperazine rings is 4. The number of nitrogens with zero attached hydrogens (tertiary/aromatic N) is 5. The molecule has 131 heavy (non-hydrogen) atoms. The van der Waals surface area contributed by atoms with Crippen LogP contribution in [0.1, 0.15) is 152 Å². The van der Waals surface area contributed by atoms with Gasteiger partial charge in [-0.15, -0.1) is 0 Å². The van der Waals surface area contributed by atoms with Crippen LogP contribution in [-0.4, -0.2) is 209 Å². The first kappa shape index (κ1) is 96.6. The molecule has 5 aliphatic heterocycles. The van der Waals surface area contributed by atoms with Crippen molar-refractivity contribution >= 4 is 70.9 Å². The minimum Gasteiger partial charge on any atom is -0.354 e. The second kappa shape index (κ2) is 50.5. The molecule has 5 heterocycles. The van der Waals surface area contributed by atoms with Crippen molar-refractivity contribution < 1.29 is 57.5 Å². The Bertz CT molecular complexity index is 5080. The molecule has 686 valence electrons. The zero-order chi connectivity index (χ0) is 92.1. The first-order valence-electron chi connectivity index (χ1n) is 46.3. The lowest BCUT2D eigenvalue weighted by Crippen LogP contribution is -2.69. The fraction of sp³-hybridized carbons (Fsp3) is 0.371. The van der Waals surface area contributed by atoms with Crippen LogP contribution in [-0.2, 0) is 89.9 Å². The molecule has 26 heteroatoms. The number of hydrogen-bond donors (Lipinski definition) is 9. The van der Waals surface area contributed by atoms with Crippen molar-refractivity contribution in [3.05, 3.63) is 323 Å². The highest BCUT2D eigenvalue weighted by Gasteiger charge is 2.49. The van der Waals surface area contributed by atoms with Crippen LogP contribution in [0.4, 0.5) is 0 Å². The summed E-state index contributed by atoms with van der Waals surface area (Å²) in [6.45, 7) is 7.94. The number of amides is 12. The summed E-state index contributed by atoms with van der Waals surface area (Å²) < 4.78 is 0. The summed E-state index contributed by atoms with van der Waals surface area (Å²) in [5.41, 5.74) is 14.6. The van der Waals surface area contributed by atoms with E-state index >= 15 is 0 Å². The van der Waals surface area contributed by atoms with E-state index in [0.29, 0.717) is 77.9 Å². The number of aryl methyl sites for hydroxylation is 2. The second-order valence-corrected chi connectivity index (χ2v) is 34.0. The fourth-order valence-corrected chi connectivity index (χ4v) is 17.7.